The van der Waals surface area contributed by atoms with Crippen LogP contribution in [0, 0.1) is 11.3 Å². The maximum absolute atomic E-state index is 10.8. The van der Waals surface area contributed by atoms with Gasteiger partial charge in [-0.1, -0.05) is 0 Å². The van der Waals surface area contributed by atoms with Gasteiger partial charge >= 0.3 is 5.97 Å². The second-order valence-corrected chi connectivity index (χ2v) is 4.40. The van der Waals surface area contributed by atoms with E-state index in [2.05, 4.69) is 16.9 Å². The highest BCUT2D eigenvalue weighted by atomic mass is 16.7. The Morgan fingerprint density at radius 3 is 2.75 bits per heavy atom. The van der Waals surface area contributed by atoms with Gasteiger partial charge in [0.2, 0.25) is 0 Å². The van der Waals surface area contributed by atoms with Crippen LogP contribution in [0.15, 0.2) is 0 Å². The first-order chi connectivity index (χ1) is 7.45. The Hall–Kier alpha value is -1.16. The lowest BCUT2D eigenvalue weighted by Crippen LogP contribution is -2.50. The topological polar surface area (TPSA) is 94.4 Å². The number of carbonyl (C=O) groups is 1. The number of hydroxylamine groups is 1. The highest BCUT2D eigenvalue weighted by molar-refractivity contribution is 5.76. The standard InChI is InChI=1S/C10H17N3O3/c1-10(2,9(14)15)16-13-8-4-3-7(5-11)12-6-8/h7-8,12-13H,3-4,6H2,1-2H3,(H,14,15)/t7-,8?/m0/s1. The summed E-state index contributed by atoms with van der Waals surface area (Å²) >= 11 is 0. The fourth-order valence-corrected chi connectivity index (χ4v) is 1.34. The molecule has 16 heavy (non-hydrogen) atoms. The summed E-state index contributed by atoms with van der Waals surface area (Å²) in [5.41, 5.74) is 1.49. The zero-order valence-corrected chi connectivity index (χ0v) is 9.49. The summed E-state index contributed by atoms with van der Waals surface area (Å²) in [5.74, 6) is -1.02. The minimum Gasteiger partial charge on any atom is -0.479 e. The molecule has 0 radical (unpaired) electrons. The van der Waals surface area contributed by atoms with E-state index in [0.717, 1.165) is 12.8 Å². The first kappa shape index (κ1) is 12.9. The van der Waals surface area contributed by atoms with Crippen molar-refractivity contribution in [2.45, 2.75) is 44.4 Å². The second-order valence-electron chi connectivity index (χ2n) is 4.40. The van der Waals surface area contributed by atoms with Crippen LogP contribution >= 0.6 is 0 Å². The molecule has 0 aromatic rings. The van der Waals surface area contributed by atoms with Gasteiger partial charge in [0, 0.05) is 12.6 Å². The van der Waals surface area contributed by atoms with Crippen molar-refractivity contribution in [2.24, 2.45) is 0 Å². The number of nitrogens with one attached hydrogen (secondary N) is 2. The monoisotopic (exact) mass is 227 g/mol. The molecule has 0 bridgehead atoms. The van der Waals surface area contributed by atoms with Crippen molar-refractivity contribution in [3.8, 4) is 6.07 Å². The number of hydrogen-bond acceptors (Lipinski definition) is 5. The molecule has 1 heterocycles. The van der Waals surface area contributed by atoms with E-state index in [4.69, 9.17) is 15.2 Å². The molecule has 1 fully saturated rings. The van der Waals surface area contributed by atoms with E-state index in [-0.39, 0.29) is 12.1 Å². The van der Waals surface area contributed by atoms with Crippen LogP contribution in [-0.4, -0.2) is 35.3 Å². The normalized spacial score (nSPS) is 26.1. The third kappa shape index (κ3) is 3.45. The maximum atomic E-state index is 10.8. The fraction of sp³-hybridized carbons (Fsp3) is 0.800. The number of rotatable bonds is 4. The third-order valence-corrected chi connectivity index (χ3v) is 2.57. The lowest BCUT2D eigenvalue weighted by molar-refractivity contribution is -0.174. The molecular weight excluding hydrogens is 210 g/mol. The van der Waals surface area contributed by atoms with Gasteiger partial charge in [-0.05, 0) is 26.7 Å². The molecular formula is C10H17N3O3. The number of piperidine rings is 1. The van der Waals surface area contributed by atoms with E-state index in [1.54, 1.807) is 0 Å². The van der Waals surface area contributed by atoms with Crippen LogP contribution < -0.4 is 10.8 Å². The second kappa shape index (κ2) is 5.25. The summed E-state index contributed by atoms with van der Waals surface area (Å²) in [6.45, 7) is 3.57. The van der Waals surface area contributed by atoms with Crippen molar-refractivity contribution in [1.82, 2.24) is 10.8 Å². The van der Waals surface area contributed by atoms with Gasteiger partial charge in [-0.3, -0.25) is 4.84 Å². The van der Waals surface area contributed by atoms with Gasteiger partial charge in [0.15, 0.2) is 5.60 Å². The lowest BCUT2D eigenvalue weighted by atomic mass is 10.0. The van der Waals surface area contributed by atoms with Crippen LogP contribution in [0.4, 0.5) is 0 Å². The SMILES string of the molecule is CC(C)(ONC1CC[C@@H](C#N)NC1)C(=O)O. The summed E-state index contributed by atoms with van der Waals surface area (Å²) in [4.78, 5) is 15.9. The Kier molecular flexibility index (Phi) is 4.24. The third-order valence-electron chi connectivity index (χ3n) is 2.57. The molecule has 0 aliphatic carbocycles. The van der Waals surface area contributed by atoms with E-state index in [9.17, 15) is 4.79 Å². The number of hydrogen-bond donors (Lipinski definition) is 3. The largest absolute Gasteiger partial charge is 0.479 e. The highest BCUT2D eigenvalue weighted by Crippen LogP contribution is 2.11. The zero-order chi connectivity index (χ0) is 12.2. The van der Waals surface area contributed by atoms with Gasteiger partial charge in [-0.2, -0.15) is 10.7 Å². The molecule has 0 spiro atoms. The van der Waals surface area contributed by atoms with Gasteiger partial charge in [0.1, 0.15) is 0 Å². The average Bonchev–Trinajstić information content (AvgIpc) is 2.27. The molecule has 0 saturated carbocycles. The number of nitriles is 1. The summed E-state index contributed by atoms with van der Waals surface area (Å²) in [7, 11) is 0. The Bertz CT molecular complexity index is 290. The number of carboxylic acids is 1. The van der Waals surface area contributed by atoms with Crippen LogP contribution in [0.25, 0.3) is 0 Å². The number of aliphatic carboxylic acids is 1. The van der Waals surface area contributed by atoms with E-state index >= 15 is 0 Å². The van der Waals surface area contributed by atoms with Crippen molar-refractivity contribution in [2.75, 3.05) is 6.54 Å². The smallest absolute Gasteiger partial charge is 0.337 e. The summed E-state index contributed by atoms with van der Waals surface area (Å²) in [5, 5.41) is 20.5. The highest BCUT2D eigenvalue weighted by Gasteiger charge is 2.30. The summed E-state index contributed by atoms with van der Waals surface area (Å²) in [6.07, 6.45) is 1.53. The molecule has 0 aromatic carbocycles. The molecule has 6 nitrogen and oxygen atoms in total. The molecule has 2 atom stereocenters. The van der Waals surface area contributed by atoms with Gasteiger partial charge in [0.25, 0.3) is 0 Å². The fourth-order valence-electron chi connectivity index (χ4n) is 1.34. The minimum absolute atomic E-state index is 0.0447. The molecule has 0 aromatic heterocycles. The first-order valence-corrected chi connectivity index (χ1v) is 5.25. The Morgan fingerprint density at radius 1 is 1.62 bits per heavy atom. The van der Waals surface area contributed by atoms with Gasteiger partial charge in [-0.25, -0.2) is 4.79 Å². The van der Waals surface area contributed by atoms with E-state index in [0.29, 0.717) is 6.54 Å². The van der Waals surface area contributed by atoms with Crippen LogP contribution in [0.3, 0.4) is 0 Å². The average molecular weight is 227 g/mol. The predicted molar refractivity (Wildman–Crippen MR) is 56.4 cm³/mol. The lowest BCUT2D eigenvalue weighted by Gasteiger charge is -2.29. The van der Waals surface area contributed by atoms with E-state index in [1.807, 2.05) is 0 Å². The van der Waals surface area contributed by atoms with Crippen LogP contribution in [0.2, 0.25) is 0 Å². The Labute approximate surface area is 94.5 Å². The van der Waals surface area contributed by atoms with Crippen molar-refractivity contribution in [3.63, 3.8) is 0 Å². The Morgan fingerprint density at radius 2 is 2.31 bits per heavy atom. The maximum Gasteiger partial charge on any atom is 0.337 e. The predicted octanol–water partition coefficient (Wildman–Crippen LogP) is 0.0150. The van der Waals surface area contributed by atoms with Gasteiger partial charge in [-0.15, -0.1) is 0 Å². The van der Waals surface area contributed by atoms with Crippen molar-refractivity contribution in [3.05, 3.63) is 0 Å². The van der Waals surface area contributed by atoms with Crippen molar-refractivity contribution < 1.29 is 14.7 Å². The molecule has 1 saturated heterocycles. The Balaban J connectivity index is 2.30. The molecule has 1 rings (SSSR count). The number of nitrogens with zero attached hydrogens (tertiary/aromatic N) is 1. The summed E-state index contributed by atoms with van der Waals surface area (Å²) < 4.78 is 0. The van der Waals surface area contributed by atoms with Gasteiger partial charge in [0.05, 0.1) is 12.1 Å². The van der Waals surface area contributed by atoms with Crippen molar-refractivity contribution >= 4 is 5.97 Å². The van der Waals surface area contributed by atoms with Crippen LogP contribution in [0.5, 0.6) is 0 Å². The molecule has 6 heteroatoms. The molecule has 1 aliphatic rings. The molecule has 90 valence electrons. The molecule has 1 aliphatic heterocycles. The molecule has 3 N–H and O–H groups in total. The van der Waals surface area contributed by atoms with E-state index in [1.165, 1.54) is 13.8 Å². The zero-order valence-electron chi connectivity index (χ0n) is 9.49. The van der Waals surface area contributed by atoms with E-state index < -0.39 is 11.6 Å². The van der Waals surface area contributed by atoms with Crippen LogP contribution in [-0.2, 0) is 9.63 Å². The quantitative estimate of drug-likeness (QED) is 0.586. The van der Waals surface area contributed by atoms with Crippen LogP contribution in [0.1, 0.15) is 26.7 Å². The van der Waals surface area contributed by atoms with Crippen molar-refractivity contribution in [1.29, 1.82) is 5.26 Å². The molecule has 1 unspecified atom stereocenters. The summed E-state index contributed by atoms with van der Waals surface area (Å²) in [6, 6.07) is 2.08. The number of carboxylic acid groups (broad SMARTS) is 1. The first-order valence-electron chi connectivity index (χ1n) is 5.25. The molecule has 0 amide bonds. The minimum atomic E-state index is -1.24. The van der Waals surface area contributed by atoms with Gasteiger partial charge < -0.3 is 10.4 Å².